The van der Waals surface area contributed by atoms with E-state index in [1.807, 2.05) is 25.1 Å². The van der Waals surface area contributed by atoms with Gasteiger partial charge in [0.25, 0.3) is 0 Å². The number of unbranched alkanes of at least 4 members (excludes halogenated alkanes) is 2. The monoisotopic (exact) mass is 393 g/mol. The minimum atomic E-state index is -4.00. The maximum absolute atomic E-state index is 11.0. The fraction of sp³-hybridized carbons (Fsp3) is 0.524. The predicted molar refractivity (Wildman–Crippen MR) is 109 cm³/mol. The number of aryl methyl sites for hydroxylation is 3. The molecular weight excluding hydrogens is 361 g/mol. The smallest absolute Gasteiger partial charge is 0.325 e. The van der Waals surface area contributed by atoms with Gasteiger partial charge in [-0.15, -0.1) is 0 Å². The van der Waals surface area contributed by atoms with Crippen LogP contribution >= 0.6 is 7.60 Å². The Morgan fingerprint density at radius 2 is 1.56 bits per heavy atom. The molecule has 0 radical (unpaired) electrons. The van der Waals surface area contributed by atoms with Gasteiger partial charge >= 0.3 is 7.60 Å². The summed E-state index contributed by atoms with van der Waals surface area (Å²) in [6.45, 7) is 1.83. The summed E-state index contributed by atoms with van der Waals surface area (Å²) in [7, 11) is -4.00. The van der Waals surface area contributed by atoms with Crippen molar-refractivity contribution in [2.75, 3.05) is 6.16 Å². The fourth-order valence-corrected chi connectivity index (χ4v) is 3.88. The molecule has 1 atom stereocenters. The second-order valence-electron chi connectivity index (χ2n) is 7.71. The van der Waals surface area contributed by atoms with E-state index >= 15 is 0 Å². The predicted octanol–water partition coefficient (Wildman–Crippen LogP) is 4.45. The lowest BCUT2D eigenvalue weighted by atomic mass is 9.93. The molecule has 1 aromatic carbocycles. The zero-order chi connectivity index (χ0) is 19.8. The van der Waals surface area contributed by atoms with Crippen LogP contribution in [0.2, 0.25) is 0 Å². The normalized spacial score (nSPS) is 14.2. The highest BCUT2D eigenvalue weighted by atomic mass is 31.2. The van der Waals surface area contributed by atoms with Gasteiger partial charge in [-0.25, -0.2) is 0 Å². The standard InChI is InChI=1S/C21H32NO4P/c1-21(22,16-17-27(23,24)25)15-14-20-13-12-19(26-20)11-7-3-6-10-18-8-4-2-5-9-18/h2,4-5,8-9,12-13H,3,6-7,10-11,14-17,22H2,1H3,(H2,23,24,25)/t21-/m1/s1. The molecule has 4 N–H and O–H groups in total. The molecule has 0 spiro atoms. The quantitative estimate of drug-likeness (QED) is 0.366. The molecule has 0 aliphatic carbocycles. The molecule has 0 amide bonds. The Balaban J connectivity index is 1.64. The Hall–Kier alpha value is -1.39. The van der Waals surface area contributed by atoms with Crippen molar-refractivity contribution in [1.29, 1.82) is 0 Å². The van der Waals surface area contributed by atoms with Crippen LogP contribution in [0.15, 0.2) is 46.9 Å². The van der Waals surface area contributed by atoms with Crippen LogP contribution in [0.1, 0.15) is 56.1 Å². The van der Waals surface area contributed by atoms with Crippen LogP contribution in [0.5, 0.6) is 0 Å². The highest BCUT2D eigenvalue weighted by molar-refractivity contribution is 7.51. The van der Waals surface area contributed by atoms with Crippen LogP contribution in [0.4, 0.5) is 0 Å². The van der Waals surface area contributed by atoms with Crippen LogP contribution in [0.3, 0.4) is 0 Å². The first-order chi connectivity index (χ1) is 12.7. The van der Waals surface area contributed by atoms with Gasteiger partial charge in [-0.1, -0.05) is 36.8 Å². The molecule has 1 aromatic heterocycles. The third-order valence-corrected chi connectivity index (χ3v) is 5.67. The van der Waals surface area contributed by atoms with Crippen LogP contribution in [-0.2, 0) is 23.8 Å². The number of furan rings is 1. The SMILES string of the molecule is C[C@@](N)(CCc1ccc(CCCCCc2ccccc2)o1)CCP(=O)(O)O. The summed E-state index contributed by atoms with van der Waals surface area (Å²) >= 11 is 0. The van der Waals surface area contributed by atoms with E-state index < -0.39 is 13.1 Å². The molecule has 0 aliphatic heterocycles. The molecule has 0 aliphatic rings. The lowest BCUT2D eigenvalue weighted by molar-refractivity contribution is 0.348. The summed E-state index contributed by atoms with van der Waals surface area (Å²) in [6, 6.07) is 14.6. The van der Waals surface area contributed by atoms with Crippen LogP contribution in [-0.4, -0.2) is 21.5 Å². The van der Waals surface area contributed by atoms with Gasteiger partial charge in [0.2, 0.25) is 0 Å². The second kappa shape index (κ2) is 10.2. The van der Waals surface area contributed by atoms with Gasteiger partial charge in [0, 0.05) is 18.4 Å². The first kappa shape index (κ1) is 21.9. The summed E-state index contributed by atoms with van der Waals surface area (Å²) in [5.41, 5.74) is 6.94. The molecule has 0 fully saturated rings. The van der Waals surface area contributed by atoms with E-state index in [4.69, 9.17) is 19.9 Å². The molecular formula is C21H32NO4P. The Morgan fingerprint density at radius 3 is 2.22 bits per heavy atom. The maximum atomic E-state index is 11.0. The van der Waals surface area contributed by atoms with Gasteiger partial charge < -0.3 is 19.9 Å². The molecule has 1 heterocycles. The van der Waals surface area contributed by atoms with Gasteiger partial charge in [0.15, 0.2) is 0 Å². The van der Waals surface area contributed by atoms with Gasteiger partial charge in [0.1, 0.15) is 11.5 Å². The molecule has 0 saturated heterocycles. The van der Waals surface area contributed by atoms with E-state index in [2.05, 4.69) is 24.3 Å². The van der Waals surface area contributed by atoms with Gasteiger partial charge in [-0.05, 0) is 56.7 Å². The molecule has 6 heteroatoms. The summed E-state index contributed by atoms with van der Waals surface area (Å²) in [6.07, 6.45) is 6.96. The average molecular weight is 393 g/mol. The molecule has 2 aromatic rings. The summed E-state index contributed by atoms with van der Waals surface area (Å²) in [5.74, 6) is 1.89. The Bertz CT molecular complexity index is 721. The van der Waals surface area contributed by atoms with Crippen LogP contribution < -0.4 is 5.73 Å². The zero-order valence-electron chi connectivity index (χ0n) is 16.1. The molecule has 5 nitrogen and oxygen atoms in total. The lowest BCUT2D eigenvalue weighted by Gasteiger charge is -2.24. The first-order valence-corrected chi connectivity index (χ1v) is 11.5. The number of benzene rings is 1. The van der Waals surface area contributed by atoms with Crippen molar-refractivity contribution in [3.8, 4) is 0 Å². The number of rotatable bonds is 12. The second-order valence-corrected chi connectivity index (χ2v) is 9.48. The fourth-order valence-electron chi connectivity index (χ4n) is 3.08. The molecule has 0 unspecified atom stereocenters. The Morgan fingerprint density at radius 1 is 0.926 bits per heavy atom. The summed E-state index contributed by atoms with van der Waals surface area (Å²) in [5, 5.41) is 0. The number of hydrogen-bond donors (Lipinski definition) is 3. The molecule has 27 heavy (non-hydrogen) atoms. The van der Waals surface area contributed by atoms with Crippen molar-refractivity contribution in [2.24, 2.45) is 5.73 Å². The van der Waals surface area contributed by atoms with Crippen molar-refractivity contribution >= 4 is 7.60 Å². The third-order valence-electron chi connectivity index (χ3n) is 4.87. The van der Waals surface area contributed by atoms with Crippen molar-refractivity contribution in [3.05, 3.63) is 59.5 Å². The minimum absolute atomic E-state index is 0.174. The van der Waals surface area contributed by atoms with E-state index in [0.717, 1.165) is 30.8 Å². The highest BCUT2D eigenvalue weighted by Crippen LogP contribution is 2.37. The van der Waals surface area contributed by atoms with Crippen molar-refractivity contribution < 1.29 is 18.8 Å². The molecule has 2 rings (SSSR count). The van der Waals surface area contributed by atoms with Crippen molar-refractivity contribution in [3.63, 3.8) is 0 Å². The average Bonchev–Trinajstić information content (AvgIpc) is 3.07. The van der Waals surface area contributed by atoms with Gasteiger partial charge in [-0.2, -0.15) is 0 Å². The first-order valence-electron chi connectivity index (χ1n) is 9.68. The summed E-state index contributed by atoms with van der Waals surface area (Å²) < 4.78 is 16.9. The highest BCUT2D eigenvalue weighted by Gasteiger charge is 2.24. The van der Waals surface area contributed by atoms with Crippen molar-refractivity contribution in [2.45, 2.75) is 63.8 Å². The number of hydrogen-bond acceptors (Lipinski definition) is 3. The maximum Gasteiger partial charge on any atom is 0.325 e. The largest absolute Gasteiger partial charge is 0.466 e. The van der Waals surface area contributed by atoms with Gasteiger partial charge in [-0.3, -0.25) is 4.57 Å². The van der Waals surface area contributed by atoms with E-state index in [0.29, 0.717) is 19.3 Å². The van der Waals surface area contributed by atoms with Gasteiger partial charge in [0.05, 0.1) is 6.16 Å². The summed E-state index contributed by atoms with van der Waals surface area (Å²) in [4.78, 5) is 18.0. The van der Waals surface area contributed by atoms with E-state index in [1.54, 1.807) is 0 Å². The molecule has 150 valence electrons. The zero-order valence-corrected chi connectivity index (χ0v) is 17.0. The van der Waals surface area contributed by atoms with E-state index in [-0.39, 0.29) is 6.16 Å². The minimum Gasteiger partial charge on any atom is -0.466 e. The topological polar surface area (TPSA) is 96.7 Å². The van der Waals surface area contributed by atoms with Crippen LogP contribution in [0.25, 0.3) is 0 Å². The Labute approximate surface area is 162 Å². The van der Waals surface area contributed by atoms with Crippen molar-refractivity contribution in [1.82, 2.24) is 0 Å². The lowest BCUT2D eigenvalue weighted by Crippen LogP contribution is -2.37. The Kier molecular flexibility index (Phi) is 8.30. The van der Waals surface area contributed by atoms with E-state index in [9.17, 15) is 4.57 Å². The molecule has 0 bridgehead atoms. The van der Waals surface area contributed by atoms with Crippen LogP contribution in [0, 0.1) is 0 Å². The third kappa shape index (κ3) is 9.39. The molecule has 0 saturated carbocycles. The van der Waals surface area contributed by atoms with E-state index in [1.165, 1.54) is 18.4 Å². The number of nitrogens with two attached hydrogens (primary N) is 1.